The molecule has 1 amide bonds. The number of anilines is 2. The lowest BCUT2D eigenvalue weighted by molar-refractivity contribution is -0.384. The van der Waals surface area contributed by atoms with Crippen LogP contribution in [-0.4, -0.2) is 60.7 Å². The van der Waals surface area contributed by atoms with Gasteiger partial charge in [0, 0.05) is 50.0 Å². The first kappa shape index (κ1) is 27.2. The van der Waals surface area contributed by atoms with Crippen molar-refractivity contribution in [2.45, 2.75) is 44.0 Å². The van der Waals surface area contributed by atoms with Crippen molar-refractivity contribution in [2.75, 3.05) is 43.0 Å². The maximum atomic E-state index is 12.8. The SMILES string of the molecule is N#Cc1cc([N+](=O)[O-])ccc1NC1CCC(OCC(=O)N2CCN(c3ccc(C(F)(F)F)cc3)CC2)CC1. The summed E-state index contributed by atoms with van der Waals surface area (Å²) in [6.07, 6.45) is -1.41. The van der Waals surface area contributed by atoms with E-state index in [1.807, 2.05) is 11.0 Å². The van der Waals surface area contributed by atoms with E-state index in [-0.39, 0.29) is 35.9 Å². The molecule has 1 aliphatic heterocycles. The zero-order chi connectivity index (χ0) is 27.3. The van der Waals surface area contributed by atoms with Gasteiger partial charge in [-0.1, -0.05) is 0 Å². The Morgan fingerprint density at radius 3 is 2.32 bits per heavy atom. The van der Waals surface area contributed by atoms with E-state index in [1.165, 1.54) is 24.3 Å². The molecule has 1 saturated carbocycles. The number of rotatable bonds is 7. The van der Waals surface area contributed by atoms with Gasteiger partial charge in [-0.25, -0.2) is 0 Å². The molecule has 2 aromatic carbocycles. The number of nitro groups is 1. The van der Waals surface area contributed by atoms with Gasteiger partial charge >= 0.3 is 6.18 Å². The lowest BCUT2D eigenvalue weighted by atomic mass is 9.92. The van der Waals surface area contributed by atoms with E-state index in [9.17, 15) is 33.3 Å². The number of non-ortho nitro benzene ring substituents is 1. The minimum atomic E-state index is -4.37. The third-order valence-electron chi connectivity index (χ3n) is 7.00. The number of hydrogen-bond acceptors (Lipinski definition) is 7. The summed E-state index contributed by atoms with van der Waals surface area (Å²) in [5.41, 5.74) is 0.669. The van der Waals surface area contributed by atoms with Crippen LogP contribution in [0.15, 0.2) is 42.5 Å². The molecule has 0 atom stereocenters. The monoisotopic (exact) mass is 531 g/mol. The second-order valence-corrected chi connectivity index (χ2v) is 9.44. The Bertz CT molecular complexity index is 1180. The zero-order valence-corrected chi connectivity index (χ0v) is 20.6. The number of halogens is 3. The Kier molecular flexibility index (Phi) is 8.36. The van der Waals surface area contributed by atoms with Crippen LogP contribution in [0.4, 0.5) is 30.2 Å². The first-order chi connectivity index (χ1) is 18.1. The Labute approximate surface area is 217 Å². The van der Waals surface area contributed by atoms with Gasteiger partial charge in [0.25, 0.3) is 5.69 Å². The Morgan fingerprint density at radius 2 is 1.74 bits per heavy atom. The largest absolute Gasteiger partial charge is 0.416 e. The normalized spacial score (nSPS) is 20.1. The van der Waals surface area contributed by atoms with E-state index < -0.39 is 16.7 Å². The molecule has 0 spiro atoms. The Balaban J connectivity index is 1.18. The molecular weight excluding hydrogens is 503 g/mol. The van der Waals surface area contributed by atoms with E-state index in [1.54, 1.807) is 11.0 Å². The number of carbonyl (C=O) groups excluding carboxylic acids is 1. The van der Waals surface area contributed by atoms with Crippen LogP contribution in [0, 0.1) is 21.4 Å². The fraction of sp³-hybridized carbons (Fsp3) is 0.462. The summed E-state index contributed by atoms with van der Waals surface area (Å²) in [5, 5.41) is 23.6. The number of benzene rings is 2. The van der Waals surface area contributed by atoms with Crippen molar-refractivity contribution in [2.24, 2.45) is 0 Å². The van der Waals surface area contributed by atoms with E-state index in [4.69, 9.17) is 4.74 Å². The summed E-state index contributed by atoms with van der Waals surface area (Å²) >= 11 is 0. The number of carbonyl (C=O) groups is 1. The third kappa shape index (κ3) is 6.72. The Hall–Kier alpha value is -3.85. The molecule has 0 aromatic heterocycles. The van der Waals surface area contributed by atoms with Crippen molar-refractivity contribution in [3.05, 3.63) is 63.7 Å². The molecule has 0 radical (unpaired) electrons. The van der Waals surface area contributed by atoms with Gasteiger partial charge in [0.15, 0.2) is 0 Å². The van der Waals surface area contributed by atoms with Gasteiger partial charge in [0.1, 0.15) is 12.7 Å². The lowest BCUT2D eigenvalue weighted by Gasteiger charge is -2.36. The van der Waals surface area contributed by atoms with Crippen LogP contribution in [-0.2, 0) is 15.7 Å². The highest BCUT2D eigenvalue weighted by Gasteiger charge is 2.31. The molecule has 2 aliphatic rings. The molecular formula is C26H28F3N5O4. The predicted octanol–water partition coefficient (Wildman–Crippen LogP) is 4.57. The molecule has 4 rings (SSSR count). The van der Waals surface area contributed by atoms with E-state index >= 15 is 0 Å². The zero-order valence-electron chi connectivity index (χ0n) is 20.6. The average Bonchev–Trinajstić information content (AvgIpc) is 2.92. The van der Waals surface area contributed by atoms with Crippen molar-refractivity contribution < 1.29 is 27.6 Å². The highest BCUT2D eigenvalue weighted by Crippen LogP contribution is 2.31. The molecule has 0 bridgehead atoms. The summed E-state index contributed by atoms with van der Waals surface area (Å²) in [6.45, 7) is 1.97. The number of amides is 1. The van der Waals surface area contributed by atoms with Crippen molar-refractivity contribution in [1.29, 1.82) is 5.26 Å². The van der Waals surface area contributed by atoms with Gasteiger partial charge in [0.2, 0.25) is 5.91 Å². The van der Waals surface area contributed by atoms with Crippen LogP contribution in [0.5, 0.6) is 0 Å². The second-order valence-electron chi connectivity index (χ2n) is 9.44. The Morgan fingerprint density at radius 1 is 1.08 bits per heavy atom. The maximum absolute atomic E-state index is 12.8. The third-order valence-corrected chi connectivity index (χ3v) is 7.00. The van der Waals surface area contributed by atoms with Gasteiger partial charge in [-0.3, -0.25) is 14.9 Å². The van der Waals surface area contributed by atoms with Crippen LogP contribution in [0.2, 0.25) is 0 Å². The maximum Gasteiger partial charge on any atom is 0.416 e. The summed E-state index contributed by atoms with van der Waals surface area (Å²) in [5.74, 6) is -0.109. The molecule has 9 nitrogen and oxygen atoms in total. The molecule has 1 N–H and O–H groups in total. The summed E-state index contributed by atoms with van der Waals surface area (Å²) < 4.78 is 44.2. The quantitative estimate of drug-likeness (QED) is 0.411. The van der Waals surface area contributed by atoms with Crippen molar-refractivity contribution >= 4 is 23.0 Å². The number of nitriles is 1. The van der Waals surface area contributed by atoms with E-state index in [2.05, 4.69) is 5.32 Å². The minimum absolute atomic E-state index is 0.0238. The van der Waals surface area contributed by atoms with Gasteiger partial charge in [-0.05, 0) is 56.0 Å². The number of nitrogens with one attached hydrogen (secondary N) is 1. The highest BCUT2D eigenvalue weighted by molar-refractivity contribution is 5.77. The molecule has 38 heavy (non-hydrogen) atoms. The number of hydrogen-bond donors (Lipinski definition) is 1. The van der Waals surface area contributed by atoms with Gasteiger partial charge in [-0.15, -0.1) is 0 Å². The molecule has 202 valence electrons. The summed E-state index contributed by atoms with van der Waals surface area (Å²) in [7, 11) is 0. The lowest BCUT2D eigenvalue weighted by Crippen LogP contribution is -2.50. The number of alkyl halides is 3. The number of piperazine rings is 1. The first-order valence-corrected chi connectivity index (χ1v) is 12.4. The number of nitrogens with zero attached hydrogens (tertiary/aromatic N) is 4. The van der Waals surface area contributed by atoms with Gasteiger partial charge in [0.05, 0.1) is 27.8 Å². The molecule has 0 unspecified atom stereocenters. The number of nitro benzene ring substituents is 1. The molecule has 12 heteroatoms. The average molecular weight is 532 g/mol. The van der Waals surface area contributed by atoms with Gasteiger partial charge < -0.3 is 19.9 Å². The fourth-order valence-electron chi connectivity index (χ4n) is 4.81. The first-order valence-electron chi connectivity index (χ1n) is 12.4. The summed E-state index contributed by atoms with van der Waals surface area (Å²) in [4.78, 5) is 26.7. The van der Waals surface area contributed by atoms with Crippen LogP contribution in [0.3, 0.4) is 0 Å². The fourth-order valence-corrected chi connectivity index (χ4v) is 4.81. The predicted molar refractivity (Wildman–Crippen MR) is 134 cm³/mol. The van der Waals surface area contributed by atoms with E-state index in [0.717, 1.165) is 37.8 Å². The molecule has 1 aliphatic carbocycles. The minimum Gasteiger partial charge on any atom is -0.381 e. The van der Waals surface area contributed by atoms with Crippen molar-refractivity contribution in [3.63, 3.8) is 0 Å². The molecule has 1 heterocycles. The smallest absolute Gasteiger partial charge is 0.381 e. The second kappa shape index (κ2) is 11.7. The van der Waals surface area contributed by atoms with Crippen molar-refractivity contribution in [1.82, 2.24) is 4.90 Å². The number of ether oxygens (including phenoxy) is 1. The molecule has 2 fully saturated rings. The van der Waals surface area contributed by atoms with Crippen LogP contribution >= 0.6 is 0 Å². The van der Waals surface area contributed by atoms with Crippen LogP contribution < -0.4 is 10.2 Å². The topological polar surface area (TPSA) is 112 Å². The molecule has 1 saturated heterocycles. The van der Waals surface area contributed by atoms with Crippen LogP contribution in [0.25, 0.3) is 0 Å². The van der Waals surface area contributed by atoms with Gasteiger partial charge in [-0.2, -0.15) is 18.4 Å². The highest BCUT2D eigenvalue weighted by atomic mass is 19.4. The molecule has 2 aromatic rings. The summed E-state index contributed by atoms with van der Waals surface area (Å²) in [6, 6.07) is 11.3. The van der Waals surface area contributed by atoms with E-state index in [0.29, 0.717) is 37.6 Å². The standard InChI is InChI=1S/C26H28F3N5O4/c27-26(28,29)19-1-5-21(6-2-19)32-11-13-33(14-12-32)25(35)17-38-23-8-3-20(4-9-23)31-24-10-7-22(34(36)37)15-18(24)16-30/h1-2,5-7,10,15,20,23,31H,3-4,8-9,11-14,17H2. The van der Waals surface area contributed by atoms with Crippen molar-refractivity contribution in [3.8, 4) is 6.07 Å². The van der Waals surface area contributed by atoms with Crippen LogP contribution in [0.1, 0.15) is 36.8 Å².